The van der Waals surface area contributed by atoms with Gasteiger partial charge in [-0.2, -0.15) is 17.2 Å². The fourth-order valence-corrected chi connectivity index (χ4v) is 4.07. The number of aliphatic hydroxyl groups is 2. The number of aliphatic hydroxyl groups excluding tert-OH is 1. The van der Waals surface area contributed by atoms with Crippen molar-refractivity contribution < 1.29 is 46.3 Å². The lowest BCUT2D eigenvalue weighted by Crippen LogP contribution is -2.61. The average Bonchev–Trinajstić information content (AvgIpc) is 2.93. The molecule has 0 aromatic heterocycles. The van der Waals surface area contributed by atoms with Gasteiger partial charge >= 0.3 is 5.92 Å². The molecular formula is C20H18F2O8S. The van der Waals surface area contributed by atoms with Gasteiger partial charge in [-0.15, -0.1) is 0 Å². The lowest BCUT2D eigenvalue weighted by Gasteiger charge is -2.32. The predicted octanol–water partition coefficient (Wildman–Crippen LogP) is 1.19. The standard InChI is InChI=1S/C20H18F2O8S/c21-20(22)14(11-31(27,28)29)30-18(16(24)15(23)12-7-3-1-4-8-12)19(20,26)17(25)13-9-5-2-6-10-13/h1-10,14-15,18,23,26H,11H2,(H,27,28,29)/t14-,15?,18+,19+/m0/s1. The predicted molar refractivity (Wildman–Crippen MR) is 102 cm³/mol. The minimum Gasteiger partial charge on any atom is -0.380 e. The molecule has 1 aliphatic heterocycles. The molecule has 2 aromatic carbocycles. The van der Waals surface area contributed by atoms with Crippen LogP contribution in [0.4, 0.5) is 8.78 Å². The molecule has 31 heavy (non-hydrogen) atoms. The SMILES string of the molecule is O=C(C(O)c1ccccc1)[C@H]1O[C@@H](CS(=O)(=O)O)C(F)(F)[C@@]1(O)C(=O)c1ccccc1. The summed E-state index contributed by atoms with van der Waals surface area (Å²) in [6.45, 7) is 0. The number of ether oxygens (including phenoxy) is 1. The maximum absolute atomic E-state index is 15.2. The summed E-state index contributed by atoms with van der Waals surface area (Å²) >= 11 is 0. The molecule has 3 N–H and O–H groups in total. The number of carbonyl (C=O) groups is 2. The van der Waals surface area contributed by atoms with E-state index in [1.54, 1.807) is 6.07 Å². The second-order valence-corrected chi connectivity index (χ2v) is 8.55. The molecule has 1 saturated heterocycles. The Labute approximate surface area is 175 Å². The van der Waals surface area contributed by atoms with Gasteiger partial charge in [0.15, 0.2) is 11.9 Å². The molecule has 0 aliphatic carbocycles. The Morgan fingerprint density at radius 3 is 2.06 bits per heavy atom. The zero-order chi connectivity index (χ0) is 23.0. The fourth-order valence-electron chi connectivity index (χ4n) is 3.40. The average molecular weight is 456 g/mol. The van der Waals surface area contributed by atoms with Gasteiger partial charge in [0, 0.05) is 5.56 Å². The number of halogens is 2. The van der Waals surface area contributed by atoms with Crippen LogP contribution in [-0.4, -0.2) is 64.2 Å². The highest BCUT2D eigenvalue weighted by molar-refractivity contribution is 7.85. The van der Waals surface area contributed by atoms with Crippen molar-refractivity contribution in [1.29, 1.82) is 0 Å². The Bertz CT molecular complexity index is 1070. The van der Waals surface area contributed by atoms with Crippen LogP contribution in [0.5, 0.6) is 0 Å². The third kappa shape index (κ3) is 4.14. The second kappa shape index (κ2) is 8.17. The summed E-state index contributed by atoms with van der Waals surface area (Å²) in [5.41, 5.74) is -4.25. The van der Waals surface area contributed by atoms with Crippen molar-refractivity contribution in [3.8, 4) is 0 Å². The van der Waals surface area contributed by atoms with E-state index in [-0.39, 0.29) is 5.56 Å². The topological polar surface area (TPSA) is 138 Å². The highest BCUT2D eigenvalue weighted by atomic mass is 32.2. The van der Waals surface area contributed by atoms with Gasteiger partial charge in [-0.25, -0.2) is 0 Å². The third-order valence-corrected chi connectivity index (χ3v) is 5.70. The molecule has 0 saturated carbocycles. The fraction of sp³-hybridized carbons (Fsp3) is 0.300. The van der Waals surface area contributed by atoms with E-state index in [4.69, 9.17) is 9.29 Å². The van der Waals surface area contributed by atoms with Crippen molar-refractivity contribution >= 4 is 21.7 Å². The molecule has 0 radical (unpaired) electrons. The molecule has 1 aliphatic rings. The molecule has 166 valence electrons. The molecular weight excluding hydrogens is 438 g/mol. The van der Waals surface area contributed by atoms with Crippen molar-refractivity contribution in [2.24, 2.45) is 0 Å². The van der Waals surface area contributed by atoms with Crippen LogP contribution in [0.3, 0.4) is 0 Å². The largest absolute Gasteiger partial charge is 0.380 e. The van der Waals surface area contributed by atoms with Gasteiger partial charge in [-0.05, 0) is 5.56 Å². The number of rotatable bonds is 7. The van der Waals surface area contributed by atoms with Crippen LogP contribution in [-0.2, 0) is 19.6 Å². The van der Waals surface area contributed by atoms with E-state index in [1.165, 1.54) is 42.5 Å². The van der Waals surface area contributed by atoms with Crippen molar-refractivity contribution in [3.05, 3.63) is 71.8 Å². The Kier molecular flexibility index (Phi) is 6.09. The van der Waals surface area contributed by atoms with E-state index in [0.29, 0.717) is 0 Å². The number of ketones is 2. The molecule has 8 nitrogen and oxygen atoms in total. The monoisotopic (exact) mass is 456 g/mol. The van der Waals surface area contributed by atoms with Crippen LogP contribution in [0.15, 0.2) is 60.7 Å². The van der Waals surface area contributed by atoms with Crippen LogP contribution < -0.4 is 0 Å². The van der Waals surface area contributed by atoms with Crippen molar-refractivity contribution in [2.75, 3.05) is 5.75 Å². The van der Waals surface area contributed by atoms with Crippen LogP contribution >= 0.6 is 0 Å². The van der Waals surface area contributed by atoms with Crippen molar-refractivity contribution in [2.45, 2.75) is 29.8 Å². The first kappa shape index (κ1) is 23.1. The van der Waals surface area contributed by atoms with E-state index in [1.807, 2.05) is 0 Å². The molecule has 11 heteroatoms. The molecule has 4 atom stereocenters. The smallest absolute Gasteiger partial charge is 0.313 e. The molecule has 0 bridgehead atoms. The summed E-state index contributed by atoms with van der Waals surface area (Å²) in [5, 5.41) is 21.3. The van der Waals surface area contributed by atoms with Crippen LogP contribution in [0.25, 0.3) is 0 Å². The summed E-state index contributed by atoms with van der Waals surface area (Å²) < 4.78 is 66.6. The minimum absolute atomic E-state index is 0.0212. The van der Waals surface area contributed by atoms with E-state index < -0.39 is 62.8 Å². The van der Waals surface area contributed by atoms with Crippen molar-refractivity contribution in [3.63, 3.8) is 0 Å². The first-order valence-corrected chi connectivity index (χ1v) is 10.6. The summed E-state index contributed by atoms with van der Waals surface area (Å²) in [6.07, 6.45) is -7.39. The summed E-state index contributed by atoms with van der Waals surface area (Å²) in [6, 6.07) is 13.5. The molecule has 0 amide bonds. The Morgan fingerprint density at radius 1 is 1.03 bits per heavy atom. The summed E-state index contributed by atoms with van der Waals surface area (Å²) in [5.74, 6) is -9.37. The molecule has 3 rings (SSSR count). The van der Waals surface area contributed by atoms with Gasteiger partial charge in [0.1, 0.15) is 18.0 Å². The first-order valence-electron chi connectivity index (χ1n) is 8.97. The van der Waals surface area contributed by atoms with Gasteiger partial charge in [0.2, 0.25) is 11.4 Å². The van der Waals surface area contributed by atoms with E-state index in [0.717, 1.165) is 12.1 Å². The Hall–Kier alpha value is -2.57. The lowest BCUT2D eigenvalue weighted by molar-refractivity contribution is -0.156. The zero-order valence-corrected chi connectivity index (χ0v) is 16.6. The van der Waals surface area contributed by atoms with Crippen LogP contribution in [0.1, 0.15) is 22.0 Å². The van der Waals surface area contributed by atoms with Crippen molar-refractivity contribution in [1.82, 2.24) is 0 Å². The van der Waals surface area contributed by atoms with Gasteiger partial charge in [0.25, 0.3) is 10.1 Å². The van der Waals surface area contributed by atoms with Crippen LogP contribution in [0.2, 0.25) is 0 Å². The second-order valence-electron chi connectivity index (χ2n) is 7.05. The molecule has 1 fully saturated rings. The molecule has 0 spiro atoms. The Balaban J connectivity index is 2.09. The summed E-state index contributed by atoms with van der Waals surface area (Å²) in [7, 11) is -5.04. The summed E-state index contributed by atoms with van der Waals surface area (Å²) in [4.78, 5) is 25.8. The van der Waals surface area contributed by atoms with Gasteiger partial charge < -0.3 is 14.9 Å². The molecule has 1 heterocycles. The highest BCUT2D eigenvalue weighted by Gasteiger charge is 2.75. The highest BCUT2D eigenvalue weighted by Crippen LogP contribution is 2.47. The number of benzene rings is 2. The Morgan fingerprint density at radius 2 is 1.55 bits per heavy atom. The number of hydrogen-bond donors (Lipinski definition) is 3. The maximum atomic E-state index is 15.2. The minimum atomic E-state index is -5.04. The van der Waals surface area contributed by atoms with E-state index in [2.05, 4.69) is 0 Å². The lowest BCUT2D eigenvalue weighted by atomic mass is 9.79. The molecule has 1 unspecified atom stereocenters. The first-order chi connectivity index (χ1) is 14.4. The van der Waals surface area contributed by atoms with Gasteiger partial charge in [-0.3, -0.25) is 14.1 Å². The number of hydrogen-bond acceptors (Lipinski definition) is 7. The number of Topliss-reactive ketones (excluding diaryl/α,β-unsaturated/α-hetero) is 2. The number of alkyl halides is 2. The van der Waals surface area contributed by atoms with Crippen LogP contribution in [0, 0.1) is 0 Å². The molecule has 2 aromatic rings. The zero-order valence-electron chi connectivity index (χ0n) is 15.8. The van der Waals surface area contributed by atoms with E-state index >= 15 is 8.78 Å². The maximum Gasteiger partial charge on any atom is 0.313 e. The van der Waals surface area contributed by atoms with Gasteiger partial charge in [-0.1, -0.05) is 60.7 Å². The van der Waals surface area contributed by atoms with Gasteiger partial charge in [0.05, 0.1) is 0 Å². The van der Waals surface area contributed by atoms with E-state index in [9.17, 15) is 28.2 Å². The quantitative estimate of drug-likeness (QED) is 0.417. The normalized spacial score (nSPS) is 26.4. The number of carbonyl (C=O) groups excluding carboxylic acids is 2. The third-order valence-electron chi connectivity index (χ3n) is 4.98.